The van der Waals surface area contributed by atoms with Crippen LogP contribution in [0.4, 0.5) is 5.69 Å². The Morgan fingerprint density at radius 1 is 1.33 bits per heavy atom. The van der Waals surface area contributed by atoms with E-state index in [1.165, 1.54) is 6.07 Å². The highest BCUT2D eigenvalue weighted by Gasteiger charge is 2.37. The Balaban J connectivity index is 2.26. The topological polar surface area (TPSA) is 66.4 Å². The molecule has 0 spiro atoms. The fraction of sp³-hybridized carbons (Fsp3) is 0.500. The van der Waals surface area contributed by atoms with Crippen LogP contribution in [0.1, 0.15) is 49.9 Å². The van der Waals surface area contributed by atoms with E-state index in [2.05, 4.69) is 35.1 Å². The molecule has 1 saturated carbocycles. The maximum atomic E-state index is 12.6. The first-order valence-electron chi connectivity index (χ1n) is 7.15. The number of carbonyl (C=O) groups is 2. The lowest BCUT2D eigenvalue weighted by molar-refractivity contribution is -0.124. The molecule has 1 fully saturated rings. The molecule has 1 atom stereocenters. The molecule has 0 aromatic heterocycles. The molecule has 1 aliphatic carbocycles. The van der Waals surface area contributed by atoms with Gasteiger partial charge < -0.3 is 10.4 Å². The van der Waals surface area contributed by atoms with Crippen molar-refractivity contribution in [3.63, 3.8) is 0 Å². The third-order valence-corrected chi connectivity index (χ3v) is 4.98. The quantitative estimate of drug-likeness (QED) is 0.850. The van der Waals surface area contributed by atoms with Crippen molar-refractivity contribution in [3.8, 4) is 0 Å². The first-order valence-corrected chi connectivity index (χ1v) is 7.95. The highest BCUT2D eigenvalue weighted by Crippen LogP contribution is 2.41. The molecule has 0 aliphatic heterocycles. The average molecular weight is 354 g/mol. The molecule has 114 valence electrons. The smallest absolute Gasteiger partial charge is 0.337 e. The SMILES string of the molecule is CC1(C)CCCCC1C(=O)Nc1c(Br)cccc1C(=O)O. The zero-order valence-corrected chi connectivity index (χ0v) is 13.9. The number of anilines is 1. The number of halogens is 1. The Hall–Kier alpha value is -1.36. The summed E-state index contributed by atoms with van der Waals surface area (Å²) in [6.45, 7) is 4.21. The number of hydrogen-bond donors (Lipinski definition) is 2. The van der Waals surface area contributed by atoms with Crippen molar-refractivity contribution in [3.05, 3.63) is 28.2 Å². The Kier molecular flexibility index (Phi) is 4.71. The minimum Gasteiger partial charge on any atom is -0.478 e. The van der Waals surface area contributed by atoms with Gasteiger partial charge in [-0.05, 0) is 46.3 Å². The lowest BCUT2D eigenvalue weighted by Crippen LogP contribution is -2.37. The zero-order chi connectivity index (χ0) is 15.6. The van der Waals surface area contributed by atoms with Gasteiger partial charge in [0, 0.05) is 10.4 Å². The summed E-state index contributed by atoms with van der Waals surface area (Å²) >= 11 is 3.32. The van der Waals surface area contributed by atoms with Gasteiger partial charge in [-0.2, -0.15) is 0 Å². The van der Waals surface area contributed by atoms with Crippen molar-refractivity contribution in [2.75, 3.05) is 5.32 Å². The van der Waals surface area contributed by atoms with Crippen LogP contribution in [0.3, 0.4) is 0 Å². The molecule has 1 aromatic carbocycles. The van der Waals surface area contributed by atoms with Crippen LogP contribution in [0.2, 0.25) is 0 Å². The van der Waals surface area contributed by atoms with Crippen molar-refractivity contribution < 1.29 is 14.7 Å². The molecular weight excluding hydrogens is 334 g/mol. The molecule has 0 heterocycles. The van der Waals surface area contributed by atoms with Crippen molar-refractivity contribution in [2.45, 2.75) is 39.5 Å². The van der Waals surface area contributed by atoms with Crippen LogP contribution in [0, 0.1) is 11.3 Å². The molecule has 4 nitrogen and oxygen atoms in total. The number of carbonyl (C=O) groups excluding carboxylic acids is 1. The number of para-hydroxylation sites is 1. The van der Waals surface area contributed by atoms with Crippen molar-refractivity contribution in [1.29, 1.82) is 0 Å². The van der Waals surface area contributed by atoms with Gasteiger partial charge in [0.25, 0.3) is 0 Å². The van der Waals surface area contributed by atoms with Crippen molar-refractivity contribution >= 4 is 33.5 Å². The molecule has 5 heteroatoms. The van der Waals surface area contributed by atoms with Gasteiger partial charge in [-0.15, -0.1) is 0 Å². The molecular formula is C16H20BrNO3. The maximum absolute atomic E-state index is 12.6. The minimum absolute atomic E-state index is 0.0486. The second-order valence-corrected chi connectivity index (χ2v) is 7.10. The Morgan fingerprint density at radius 2 is 2.05 bits per heavy atom. The van der Waals surface area contributed by atoms with E-state index < -0.39 is 5.97 Å². The Morgan fingerprint density at radius 3 is 2.67 bits per heavy atom. The van der Waals surface area contributed by atoms with Crippen LogP contribution in [0.15, 0.2) is 22.7 Å². The maximum Gasteiger partial charge on any atom is 0.337 e. The number of rotatable bonds is 3. The third-order valence-electron chi connectivity index (χ3n) is 4.32. The summed E-state index contributed by atoms with van der Waals surface area (Å²) in [6.07, 6.45) is 4.06. The van der Waals surface area contributed by atoms with E-state index >= 15 is 0 Å². The monoisotopic (exact) mass is 353 g/mol. The van der Waals surface area contributed by atoms with E-state index in [1.807, 2.05) is 0 Å². The first-order chi connectivity index (χ1) is 9.83. The molecule has 2 N–H and O–H groups in total. The summed E-state index contributed by atoms with van der Waals surface area (Å²) in [5.74, 6) is -1.22. The number of nitrogens with one attached hydrogen (secondary N) is 1. The average Bonchev–Trinajstić information content (AvgIpc) is 2.40. The third kappa shape index (κ3) is 3.46. The number of aromatic carboxylic acids is 1. The fourth-order valence-electron chi connectivity index (χ4n) is 3.02. The van der Waals surface area contributed by atoms with Gasteiger partial charge in [-0.1, -0.05) is 32.8 Å². The van der Waals surface area contributed by atoms with Crippen LogP contribution in [0.25, 0.3) is 0 Å². The van der Waals surface area contributed by atoms with Gasteiger partial charge >= 0.3 is 5.97 Å². The molecule has 0 saturated heterocycles. The van der Waals surface area contributed by atoms with Crippen molar-refractivity contribution in [1.82, 2.24) is 0 Å². The molecule has 2 rings (SSSR count). The zero-order valence-electron chi connectivity index (χ0n) is 12.3. The van der Waals surface area contributed by atoms with Crippen LogP contribution in [0.5, 0.6) is 0 Å². The fourth-order valence-corrected chi connectivity index (χ4v) is 3.49. The van der Waals surface area contributed by atoms with E-state index in [4.69, 9.17) is 0 Å². The van der Waals surface area contributed by atoms with Gasteiger partial charge in [-0.25, -0.2) is 4.79 Å². The first kappa shape index (κ1) is 16.0. The molecule has 1 aliphatic rings. The van der Waals surface area contributed by atoms with E-state index in [0.717, 1.165) is 25.7 Å². The largest absolute Gasteiger partial charge is 0.478 e. The highest BCUT2D eigenvalue weighted by atomic mass is 79.9. The lowest BCUT2D eigenvalue weighted by atomic mass is 9.68. The minimum atomic E-state index is -1.05. The number of hydrogen-bond acceptors (Lipinski definition) is 2. The molecule has 0 bridgehead atoms. The van der Waals surface area contributed by atoms with E-state index in [1.54, 1.807) is 12.1 Å². The summed E-state index contributed by atoms with van der Waals surface area (Å²) in [6, 6.07) is 4.87. The number of carboxylic acid groups (broad SMARTS) is 1. The van der Waals surface area contributed by atoms with Crippen molar-refractivity contribution in [2.24, 2.45) is 11.3 Å². The Bertz CT molecular complexity index is 569. The second-order valence-electron chi connectivity index (χ2n) is 6.24. The van der Waals surface area contributed by atoms with Gasteiger partial charge in [0.1, 0.15) is 0 Å². The standard InChI is InChI=1S/C16H20BrNO3/c1-16(2)9-4-3-7-11(16)14(19)18-13-10(15(20)21)6-5-8-12(13)17/h5-6,8,11H,3-4,7,9H2,1-2H3,(H,18,19)(H,20,21). The molecule has 1 amide bonds. The normalized spacial score (nSPS) is 20.8. The number of carboxylic acids is 1. The van der Waals surface area contributed by atoms with Gasteiger partial charge in [0.15, 0.2) is 0 Å². The molecule has 21 heavy (non-hydrogen) atoms. The summed E-state index contributed by atoms with van der Waals surface area (Å²) in [7, 11) is 0. The van der Waals surface area contributed by atoms with E-state index in [9.17, 15) is 14.7 Å². The summed E-state index contributed by atoms with van der Waals surface area (Å²) in [4.78, 5) is 23.9. The van der Waals surface area contributed by atoms with Crippen LogP contribution < -0.4 is 5.32 Å². The van der Waals surface area contributed by atoms with Gasteiger partial charge in [0.05, 0.1) is 11.3 Å². The molecule has 1 aromatic rings. The van der Waals surface area contributed by atoms with Gasteiger partial charge in [-0.3, -0.25) is 4.79 Å². The summed E-state index contributed by atoms with van der Waals surface area (Å²) in [5, 5.41) is 12.1. The summed E-state index contributed by atoms with van der Waals surface area (Å²) in [5.41, 5.74) is 0.398. The predicted octanol–water partition coefficient (Wildman–Crippen LogP) is 4.30. The number of benzene rings is 1. The van der Waals surface area contributed by atoms with Gasteiger partial charge in [0.2, 0.25) is 5.91 Å². The number of amides is 1. The molecule has 1 unspecified atom stereocenters. The van der Waals surface area contributed by atoms with Crippen LogP contribution >= 0.6 is 15.9 Å². The van der Waals surface area contributed by atoms with Crippen LogP contribution in [-0.4, -0.2) is 17.0 Å². The highest BCUT2D eigenvalue weighted by molar-refractivity contribution is 9.10. The lowest BCUT2D eigenvalue weighted by Gasteiger charge is -2.37. The van der Waals surface area contributed by atoms with E-state index in [0.29, 0.717) is 10.2 Å². The van der Waals surface area contributed by atoms with Crippen LogP contribution in [-0.2, 0) is 4.79 Å². The van der Waals surface area contributed by atoms with E-state index in [-0.39, 0.29) is 22.8 Å². The summed E-state index contributed by atoms with van der Waals surface area (Å²) < 4.78 is 0.587. The Labute approximate surface area is 133 Å². The predicted molar refractivity (Wildman–Crippen MR) is 85.5 cm³/mol. The molecule has 0 radical (unpaired) electrons. The second kappa shape index (κ2) is 6.18.